The van der Waals surface area contributed by atoms with Crippen LogP contribution in [-0.2, 0) is 0 Å². The molecular formula is C15H12N4. The molecule has 0 aliphatic rings. The van der Waals surface area contributed by atoms with Crippen LogP contribution in [0.25, 0.3) is 22.6 Å². The Bertz CT molecular complexity index is 623. The van der Waals surface area contributed by atoms with Crippen LogP contribution in [0.4, 0.5) is 0 Å². The van der Waals surface area contributed by atoms with Crippen molar-refractivity contribution in [3.63, 3.8) is 0 Å². The molecule has 4 nitrogen and oxygen atoms in total. The van der Waals surface area contributed by atoms with Crippen molar-refractivity contribution in [3.8, 4) is 22.6 Å². The molecule has 0 aliphatic carbocycles. The van der Waals surface area contributed by atoms with Crippen molar-refractivity contribution in [2.24, 2.45) is 0 Å². The van der Waals surface area contributed by atoms with Gasteiger partial charge in [0.15, 0.2) is 5.82 Å². The van der Waals surface area contributed by atoms with Gasteiger partial charge in [0.2, 0.25) is 0 Å². The molecule has 0 saturated heterocycles. The number of hydrogen-bond acceptors (Lipinski definition) is 4. The first-order chi connectivity index (χ1) is 9.33. The summed E-state index contributed by atoms with van der Waals surface area (Å²) in [5, 5.41) is 0. The molecule has 0 atom stereocenters. The Kier molecular flexibility index (Phi) is 2.98. The van der Waals surface area contributed by atoms with Gasteiger partial charge in [-0.25, -0.2) is 9.97 Å². The van der Waals surface area contributed by atoms with Crippen LogP contribution in [0.1, 0.15) is 5.69 Å². The summed E-state index contributed by atoms with van der Waals surface area (Å²) in [6.45, 7) is 1.97. The van der Waals surface area contributed by atoms with Crippen molar-refractivity contribution >= 4 is 0 Å². The largest absolute Gasteiger partial charge is 0.265 e. The molecule has 4 heteroatoms. The van der Waals surface area contributed by atoms with E-state index in [0.29, 0.717) is 5.82 Å². The van der Waals surface area contributed by atoms with Gasteiger partial charge in [0, 0.05) is 41.6 Å². The quantitative estimate of drug-likeness (QED) is 0.699. The first kappa shape index (κ1) is 11.5. The second-order valence-electron chi connectivity index (χ2n) is 4.19. The van der Waals surface area contributed by atoms with Crippen LogP contribution >= 0.6 is 0 Å². The van der Waals surface area contributed by atoms with Crippen LogP contribution in [0, 0.1) is 6.92 Å². The summed E-state index contributed by atoms with van der Waals surface area (Å²) in [7, 11) is 0. The maximum atomic E-state index is 4.61. The number of aryl methyl sites for hydroxylation is 1. The van der Waals surface area contributed by atoms with E-state index in [0.717, 1.165) is 22.5 Å². The van der Waals surface area contributed by atoms with E-state index in [-0.39, 0.29) is 0 Å². The zero-order chi connectivity index (χ0) is 13.1. The molecule has 0 spiro atoms. The summed E-state index contributed by atoms with van der Waals surface area (Å²) in [4.78, 5) is 17.1. The molecule has 0 aromatic carbocycles. The molecule has 3 aromatic rings. The van der Waals surface area contributed by atoms with Gasteiger partial charge in [-0.2, -0.15) is 0 Å². The highest BCUT2D eigenvalue weighted by Crippen LogP contribution is 2.21. The van der Waals surface area contributed by atoms with E-state index in [9.17, 15) is 0 Å². The van der Waals surface area contributed by atoms with Crippen molar-refractivity contribution in [2.75, 3.05) is 0 Å². The normalized spacial score (nSPS) is 10.4. The molecule has 19 heavy (non-hydrogen) atoms. The smallest absolute Gasteiger partial charge is 0.160 e. The van der Waals surface area contributed by atoms with Crippen molar-refractivity contribution < 1.29 is 0 Å². The summed E-state index contributed by atoms with van der Waals surface area (Å²) < 4.78 is 0. The second kappa shape index (κ2) is 4.94. The van der Waals surface area contributed by atoms with Gasteiger partial charge in [0.25, 0.3) is 0 Å². The summed E-state index contributed by atoms with van der Waals surface area (Å²) in [6.07, 6.45) is 7.01. The molecule has 0 N–H and O–H groups in total. The first-order valence-corrected chi connectivity index (χ1v) is 5.99. The maximum absolute atomic E-state index is 4.61. The van der Waals surface area contributed by atoms with Crippen molar-refractivity contribution in [3.05, 3.63) is 60.8 Å². The highest BCUT2D eigenvalue weighted by Gasteiger charge is 2.06. The highest BCUT2D eigenvalue weighted by molar-refractivity contribution is 5.63. The van der Waals surface area contributed by atoms with E-state index >= 15 is 0 Å². The van der Waals surface area contributed by atoms with Crippen molar-refractivity contribution in [1.82, 2.24) is 19.9 Å². The Morgan fingerprint density at radius 1 is 0.737 bits per heavy atom. The minimum Gasteiger partial charge on any atom is -0.265 e. The van der Waals surface area contributed by atoms with Gasteiger partial charge in [0.05, 0.1) is 5.69 Å². The minimum atomic E-state index is 0.717. The molecular weight excluding hydrogens is 236 g/mol. The number of pyridine rings is 2. The van der Waals surface area contributed by atoms with Gasteiger partial charge >= 0.3 is 0 Å². The SMILES string of the molecule is Cc1cc(-c2ccncc2)nc(-c2ccncc2)n1. The molecule has 3 aromatic heterocycles. The molecule has 0 amide bonds. The Balaban J connectivity index is 2.12. The zero-order valence-corrected chi connectivity index (χ0v) is 10.5. The highest BCUT2D eigenvalue weighted by atomic mass is 14.9. The Hall–Kier alpha value is -2.62. The lowest BCUT2D eigenvalue weighted by Gasteiger charge is -2.06. The molecule has 0 aliphatic heterocycles. The molecule has 3 rings (SSSR count). The fourth-order valence-electron chi connectivity index (χ4n) is 1.87. The monoisotopic (exact) mass is 248 g/mol. The first-order valence-electron chi connectivity index (χ1n) is 5.99. The van der Waals surface area contributed by atoms with Crippen molar-refractivity contribution in [2.45, 2.75) is 6.92 Å². The Morgan fingerprint density at radius 3 is 1.95 bits per heavy atom. The number of nitrogens with zero attached hydrogens (tertiary/aromatic N) is 4. The predicted molar refractivity (Wildman–Crippen MR) is 73.2 cm³/mol. The maximum Gasteiger partial charge on any atom is 0.160 e. The van der Waals surface area contributed by atoms with Crippen LogP contribution in [0.15, 0.2) is 55.1 Å². The van der Waals surface area contributed by atoms with Gasteiger partial charge in [-0.05, 0) is 37.3 Å². The van der Waals surface area contributed by atoms with Crippen LogP contribution in [0.3, 0.4) is 0 Å². The van der Waals surface area contributed by atoms with Gasteiger partial charge in [0.1, 0.15) is 0 Å². The molecule has 0 radical (unpaired) electrons. The predicted octanol–water partition coefficient (Wildman–Crippen LogP) is 2.91. The van der Waals surface area contributed by atoms with Gasteiger partial charge < -0.3 is 0 Å². The standard InChI is InChI=1S/C15H12N4/c1-11-10-14(12-2-6-16-7-3-12)19-15(18-11)13-4-8-17-9-5-13/h2-10H,1H3. The fourth-order valence-corrected chi connectivity index (χ4v) is 1.87. The molecule has 0 bridgehead atoms. The lowest BCUT2D eigenvalue weighted by Crippen LogP contribution is -1.95. The average Bonchev–Trinajstić information content (AvgIpc) is 2.48. The lowest BCUT2D eigenvalue weighted by molar-refractivity contribution is 1.11. The van der Waals surface area contributed by atoms with E-state index < -0.39 is 0 Å². The van der Waals surface area contributed by atoms with E-state index in [4.69, 9.17) is 0 Å². The zero-order valence-electron chi connectivity index (χ0n) is 10.5. The molecule has 92 valence electrons. The van der Waals surface area contributed by atoms with Crippen LogP contribution in [0.5, 0.6) is 0 Å². The Morgan fingerprint density at radius 2 is 1.32 bits per heavy atom. The summed E-state index contributed by atoms with van der Waals surface area (Å²) in [6, 6.07) is 9.67. The summed E-state index contributed by atoms with van der Waals surface area (Å²) in [5.41, 5.74) is 3.85. The van der Waals surface area contributed by atoms with Crippen molar-refractivity contribution in [1.29, 1.82) is 0 Å². The molecule has 3 heterocycles. The third-order valence-electron chi connectivity index (χ3n) is 2.77. The van der Waals surface area contributed by atoms with Gasteiger partial charge in [-0.3, -0.25) is 9.97 Å². The molecule has 0 fully saturated rings. The van der Waals surface area contributed by atoms with Gasteiger partial charge in [-0.1, -0.05) is 0 Å². The number of rotatable bonds is 2. The second-order valence-corrected chi connectivity index (χ2v) is 4.19. The van der Waals surface area contributed by atoms with E-state index in [1.165, 1.54) is 0 Å². The fraction of sp³-hybridized carbons (Fsp3) is 0.0667. The van der Waals surface area contributed by atoms with E-state index in [1.807, 2.05) is 37.3 Å². The van der Waals surface area contributed by atoms with E-state index in [2.05, 4.69) is 19.9 Å². The third kappa shape index (κ3) is 2.47. The molecule has 0 saturated carbocycles. The topological polar surface area (TPSA) is 51.6 Å². The summed E-state index contributed by atoms with van der Waals surface area (Å²) in [5.74, 6) is 0.717. The number of aromatic nitrogens is 4. The van der Waals surface area contributed by atoms with E-state index in [1.54, 1.807) is 24.8 Å². The Labute approximate surface area is 111 Å². The van der Waals surface area contributed by atoms with Crippen LogP contribution < -0.4 is 0 Å². The van der Waals surface area contributed by atoms with Crippen LogP contribution in [0.2, 0.25) is 0 Å². The minimum absolute atomic E-state index is 0.717. The lowest BCUT2D eigenvalue weighted by atomic mass is 10.1. The average molecular weight is 248 g/mol. The molecule has 0 unspecified atom stereocenters. The third-order valence-corrected chi connectivity index (χ3v) is 2.77. The summed E-state index contributed by atoms with van der Waals surface area (Å²) >= 11 is 0. The van der Waals surface area contributed by atoms with Gasteiger partial charge in [-0.15, -0.1) is 0 Å². The van der Waals surface area contributed by atoms with Crippen LogP contribution in [-0.4, -0.2) is 19.9 Å². The number of hydrogen-bond donors (Lipinski definition) is 0.